The zero-order chi connectivity index (χ0) is 25.5. The highest BCUT2D eigenvalue weighted by atomic mass is 16.5. The molecule has 3 atom stereocenters. The Morgan fingerprint density at radius 1 is 1.14 bits per heavy atom. The molecule has 1 aliphatic rings. The highest BCUT2D eigenvalue weighted by Crippen LogP contribution is 2.26. The molecule has 35 heavy (non-hydrogen) atoms. The van der Waals surface area contributed by atoms with E-state index in [2.05, 4.69) is 20.9 Å². The van der Waals surface area contributed by atoms with Crippen LogP contribution in [-0.2, 0) is 19.1 Å². The van der Waals surface area contributed by atoms with Crippen LogP contribution in [0.5, 0.6) is 5.75 Å². The first-order valence-corrected chi connectivity index (χ1v) is 11.8. The summed E-state index contributed by atoms with van der Waals surface area (Å²) in [6, 6.07) is 5.37. The molecule has 1 aromatic heterocycles. The third kappa shape index (κ3) is 6.60. The number of Topliss-reactive ketones (excluding diaryl/α,β-unsaturated/α-hetero) is 1. The van der Waals surface area contributed by atoms with E-state index >= 15 is 0 Å². The lowest BCUT2D eigenvalue weighted by atomic mass is 9.95. The zero-order valence-corrected chi connectivity index (χ0v) is 20.6. The van der Waals surface area contributed by atoms with Crippen molar-refractivity contribution in [1.29, 1.82) is 0 Å². The second kappa shape index (κ2) is 11.8. The van der Waals surface area contributed by atoms with Gasteiger partial charge in [-0.2, -0.15) is 0 Å². The fourth-order valence-corrected chi connectivity index (χ4v) is 4.31. The van der Waals surface area contributed by atoms with Gasteiger partial charge in [0, 0.05) is 30.5 Å². The molecule has 1 unspecified atom stereocenters. The molecular formula is C25H34N4O6. The Balaban J connectivity index is 1.76. The number of ketones is 1. The molecule has 190 valence electrons. The van der Waals surface area contributed by atoms with E-state index in [1.807, 2.05) is 26.0 Å². The van der Waals surface area contributed by atoms with Crippen LogP contribution < -0.4 is 20.7 Å². The van der Waals surface area contributed by atoms with Crippen molar-refractivity contribution in [3.63, 3.8) is 0 Å². The smallest absolute Gasteiger partial charge is 0.268 e. The Hall–Kier alpha value is -3.40. The summed E-state index contributed by atoms with van der Waals surface area (Å²) in [5, 5.41) is 9.06. The van der Waals surface area contributed by atoms with Crippen LogP contribution in [0.3, 0.4) is 0 Å². The van der Waals surface area contributed by atoms with E-state index in [-0.39, 0.29) is 36.6 Å². The fourth-order valence-electron chi connectivity index (χ4n) is 4.31. The molecule has 10 heteroatoms. The molecule has 3 rings (SSSR count). The quantitative estimate of drug-likeness (QED) is 0.359. The normalized spacial score (nSPS) is 17.2. The molecular weight excluding hydrogens is 452 g/mol. The van der Waals surface area contributed by atoms with Gasteiger partial charge in [-0.25, -0.2) is 0 Å². The number of aromatic nitrogens is 1. The molecule has 4 N–H and O–H groups in total. The van der Waals surface area contributed by atoms with Gasteiger partial charge >= 0.3 is 0 Å². The topological polar surface area (TPSA) is 139 Å². The van der Waals surface area contributed by atoms with Gasteiger partial charge < -0.3 is 30.4 Å². The van der Waals surface area contributed by atoms with Gasteiger partial charge in [-0.05, 0) is 43.4 Å². The van der Waals surface area contributed by atoms with Gasteiger partial charge in [-0.3, -0.25) is 19.2 Å². The number of benzene rings is 1. The lowest BCUT2D eigenvalue weighted by molar-refractivity contribution is -0.132. The number of hydrogen-bond donors (Lipinski definition) is 4. The van der Waals surface area contributed by atoms with Crippen molar-refractivity contribution in [3.8, 4) is 5.75 Å². The number of carbonyl (C=O) groups excluding carboxylic acids is 4. The molecule has 1 saturated heterocycles. The maximum atomic E-state index is 13.2. The molecule has 10 nitrogen and oxygen atoms in total. The van der Waals surface area contributed by atoms with Gasteiger partial charge in [0.1, 0.15) is 24.1 Å². The minimum absolute atomic E-state index is 0.0996. The predicted octanol–water partition coefficient (Wildman–Crippen LogP) is 1.55. The number of carbonyl (C=O) groups is 4. The van der Waals surface area contributed by atoms with E-state index < -0.39 is 23.9 Å². The average Bonchev–Trinajstić information content (AvgIpc) is 3.43. The second-order valence-corrected chi connectivity index (χ2v) is 9.23. The standard InChI is InChI=1S/C25H34N4O6/c1-14(2)10-19(29-25(33)20-12-16-17(27-20)6-5-7-22(16)35-4)24(32)28-18(21(30)13-34-3)11-15-8-9-26-23(15)31/h5-7,12,14-15,18-19,27H,8-11,13H2,1-4H3,(H,26,31)(H,28,32)(H,29,33)/t15?,18-,19-/m0/s1. The first kappa shape index (κ1) is 26.2. The van der Waals surface area contributed by atoms with Crippen LogP contribution in [0.1, 0.15) is 43.6 Å². The Morgan fingerprint density at radius 3 is 2.54 bits per heavy atom. The Kier molecular flexibility index (Phi) is 8.86. The van der Waals surface area contributed by atoms with E-state index in [1.165, 1.54) is 7.11 Å². The summed E-state index contributed by atoms with van der Waals surface area (Å²) in [6.07, 6.45) is 1.15. The van der Waals surface area contributed by atoms with Crippen LogP contribution in [0.25, 0.3) is 10.9 Å². The number of methoxy groups -OCH3 is 2. The van der Waals surface area contributed by atoms with Crippen molar-refractivity contribution in [2.75, 3.05) is 27.4 Å². The third-order valence-corrected chi connectivity index (χ3v) is 6.09. The Labute approximate surface area is 204 Å². The molecule has 2 aromatic rings. The molecule has 2 heterocycles. The van der Waals surface area contributed by atoms with Gasteiger partial charge in [0.15, 0.2) is 5.78 Å². The average molecular weight is 487 g/mol. The number of fused-ring (bicyclic) bond motifs is 1. The molecule has 0 bridgehead atoms. The highest BCUT2D eigenvalue weighted by Gasteiger charge is 2.33. The zero-order valence-electron chi connectivity index (χ0n) is 20.6. The first-order valence-electron chi connectivity index (χ1n) is 11.8. The van der Waals surface area contributed by atoms with E-state index in [4.69, 9.17) is 9.47 Å². The Bertz CT molecular complexity index is 1080. The largest absolute Gasteiger partial charge is 0.496 e. The lowest BCUT2D eigenvalue weighted by Crippen LogP contribution is -2.53. The number of ether oxygens (including phenoxy) is 2. The van der Waals surface area contributed by atoms with Crippen molar-refractivity contribution in [2.45, 2.75) is 45.2 Å². The molecule has 0 radical (unpaired) electrons. The third-order valence-electron chi connectivity index (χ3n) is 6.09. The van der Waals surface area contributed by atoms with Crippen molar-refractivity contribution in [3.05, 3.63) is 30.0 Å². The number of nitrogens with one attached hydrogen (secondary N) is 4. The summed E-state index contributed by atoms with van der Waals surface area (Å²) in [4.78, 5) is 54.0. The summed E-state index contributed by atoms with van der Waals surface area (Å²) in [6.45, 7) is 4.24. The van der Waals surface area contributed by atoms with Crippen LogP contribution in [0, 0.1) is 11.8 Å². The molecule has 0 aliphatic carbocycles. The molecule has 1 fully saturated rings. The monoisotopic (exact) mass is 486 g/mol. The Morgan fingerprint density at radius 2 is 1.91 bits per heavy atom. The van der Waals surface area contributed by atoms with E-state index in [1.54, 1.807) is 19.2 Å². The minimum Gasteiger partial charge on any atom is -0.496 e. The lowest BCUT2D eigenvalue weighted by Gasteiger charge is -2.25. The van der Waals surface area contributed by atoms with E-state index in [0.29, 0.717) is 30.8 Å². The first-order chi connectivity index (χ1) is 16.7. The maximum absolute atomic E-state index is 13.2. The summed E-state index contributed by atoms with van der Waals surface area (Å²) >= 11 is 0. The molecule has 3 amide bonds. The SMILES string of the molecule is COCC(=O)[C@H](CC1CCNC1=O)NC(=O)[C@H](CC(C)C)NC(=O)c1cc2c(OC)cccc2[nH]1. The molecule has 1 aliphatic heterocycles. The van der Waals surface area contributed by atoms with Gasteiger partial charge in [-0.15, -0.1) is 0 Å². The number of aromatic amines is 1. The van der Waals surface area contributed by atoms with Crippen LogP contribution in [-0.4, -0.2) is 67.9 Å². The van der Waals surface area contributed by atoms with Crippen LogP contribution in [0.2, 0.25) is 0 Å². The molecule has 0 spiro atoms. The number of amides is 3. The van der Waals surface area contributed by atoms with Crippen molar-refractivity contribution in [1.82, 2.24) is 20.9 Å². The highest BCUT2D eigenvalue weighted by molar-refractivity contribution is 6.02. The summed E-state index contributed by atoms with van der Waals surface area (Å²) in [5.41, 5.74) is 1.03. The van der Waals surface area contributed by atoms with Gasteiger partial charge in [0.05, 0.1) is 13.2 Å². The number of hydrogen-bond acceptors (Lipinski definition) is 6. The fraction of sp³-hybridized carbons (Fsp3) is 0.520. The van der Waals surface area contributed by atoms with Gasteiger partial charge in [0.2, 0.25) is 11.8 Å². The van der Waals surface area contributed by atoms with Crippen LogP contribution in [0.4, 0.5) is 0 Å². The van der Waals surface area contributed by atoms with Crippen molar-refractivity contribution in [2.24, 2.45) is 11.8 Å². The minimum atomic E-state index is -0.889. The van der Waals surface area contributed by atoms with Gasteiger partial charge in [0.25, 0.3) is 5.91 Å². The van der Waals surface area contributed by atoms with E-state index in [0.717, 1.165) is 10.9 Å². The maximum Gasteiger partial charge on any atom is 0.268 e. The van der Waals surface area contributed by atoms with Crippen LogP contribution >= 0.6 is 0 Å². The summed E-state index contributed by atoms with van der Waals surface area (Å²) in [7, 11) is 2.96. The van der Waals surface area contributed by atoms with Crippen LogP contribution in [0.15, 0.2) is 24.3 Å². The second-order valence-electron chi connectivity index (χ2n) is 9.23. The number of rotatable bonds is 12. The summed E-state index contributed by atoms with van der Waals surface area (Å²) < 4.78 is 10.3. The summed E-state index contributed by atoms with van der Waals surface area (Å²) in [5.74, 6) is -1.01. The number of H-pyrrole nitrogens is 1. The van der Waals surface area contributed by atoms with Crippen molar-refractivity contribution >= 4 is 34.4 Å². The predicted molar refractivity (Wildman–Crippen MR) is 130 cm³/mol. The van der Waals surface area contributed by atoms with Crippen molar-refractivity contribution < 1.29 is 28.7 Å². The van der Waals surface area contributed by atoms with E-state index in [9.17, 15) is 19.2 Å². The molecule has 1 aromatic carbocycles. The molecule has 0 saturated carbocycles. The van der Waals surface area contributed by atoms with Gasteiger partial charge in [-0.1, -0.05) is 19.9 Å².